The molecule has 2 aliphatic rings. The van der Waals surface area contributed by atoms with Crippen LogP contribution in [0.2, 0.25) is 0 Å². The van der Waals surface area contributed by atoms with Crippen LogP contribution in [0, 0.1) is 18.8 Å². The minimum atomic E-state index is -1.12. The smallest absolute Gasteiger partial charge is 0.254 e. The van der Waals surface area contributed by atoms with Crippen molar-refractivity contribution in [3.8, 4) is 16.3 Å². The number of hydrogen-bond donors (Lipinski definition) is 3. The number of aromatic nitrogens is 2. The van der Waals surface area contributed by atoms with E-state index in [4.69, 9.17) is 15.0 Å². The molecule has 4 heterocycles. The zero-order valence-corrected chi connectivity index (χ0v) is 25.2. The van der Waals surface area contributed by atoms with E-state index in [9.17, 15) is 14.7 Å². The Hall–Kier alpha value is -3.28. The summed E-state index contributed by atoms with van der Waals surface area (Å²) in [5.41, 5.74) is 9.93. The molecule has 1 aromatic carbocycles. The highest BCUT2D eigenvalue weighted by molar-refractivity contribution is 7.13. The van der Waals surface area contributed by atoms with Gasteiger partial charge in [0.15, 0.2) is 5.76 Å². The normalized spacial score (nSPS) is 20.9. The number of rotatable bonds is 12. The Morgan fingerprint density at radius 1 is 1.29 bits per heavy atom. The molecule has 0 aliphatic carbocycles. The molecule has 11 heteroatoms. The van der Waals surface area contributed by atoms with Gasteiger partial charge < -0.3 is 30.3 Å². The van der Waals surface area contributed by atoms with Gasteiger partial charge in [-0.2, -0.15) is 0 Å². The van der Waals surface area contributed by atoms with Gasteiger partial charge in [-0.3, -0.25) is 9.59 Å². The van der Waals surface area contributed by atoms with Crippen molar-refractivity contribution in [2.45, 2.75) is 63.8 Å². The summed E-state index contributed by atoms with van der Waals surface area (Å²) < 4.78 is 11.5. The van der Waals surface area contributed by atoms with Crippen LogP contribution in [0.25, 0.3) is 10.4 Å². The van der Waals surface area contributed by atoms with Crippen molar-refractivity contribution >= 4 is 23.2 Å². The van der Waals surface area contributed by atoms with Crippen LogP contribution in [0.3, 0.4) is 0 Å². The van der Waals surface area contributed by atoms with Gasteiger partial charge in [0.25, 0.3) is 5.88 Å². The van der Waals surface area contributed by atoms with Gasteiger partial charge in [-0.25, -0.2) is 4.98 Å². The first kappa shape index (κ1) is 30.2. The van der Waals surface area contributed by atoms with E-state index in [2.05, 4.69) is 39.7 Å². The van der Waals surface area contributed by atoms with E-state index in [0.29, 0.717) is 56.4 Å². The predicted octanol–water partition coefficient (Wildman–Crippen LogP) is 3.68. The molecule has 42 heavy (non-hydrogen) atoms. The SMILES string of the molecule is Cc1ncsc1-c1ccc(CCC2(C(N)=O)CCCN2C(=O)[C@H](c2cc(OCC3CCNCC3)no2)C(C)CO)cc1. The van der Waals surface area contributed by atoms with E-state index in [0.717, 1.165) is 47.6 Å². The number of nitrogens with zero attached hydrogens (tertiary/aromatic N) is 3. The maximum atomic E-state index is 14.2. The number of amides is 2. The lowest BCUT2D eigenvalue weighted by atomic mass is 9.85. The summed E-state index contributed by atoms with van der Waals surface area (Å²) in [6, 6.07) is 9.89. The molecule has 10 nitrogen and oxygen atoms in total. The van der Waals surface area contributed by atoms with Gasteiger partial charge in [-0.05, 0) is 86.7 Å². The minimum Gasteiger partial charge on any atom is -0.475 e. The summed E-state index contributed by atoms with van der Waals surface area (Å²) in [6.45, 7) is 6.43. The Morgan fingerprint density at radius 3 is 2.71 bits per heavy atom. The van der Waals surface area contributed by atoms with Crippen molar-refractivity contribution in [1.29, 1.82) is 0 Å². The fourth-order valence-electron chi connectivity index (χ4n) is 6.25. The van der Waals surface area contributed by atoms with Crippen LogP contribution >= 0.6 is 11.3 Å². The third-order valence-electron chi connectivity index (χ3n) is 8.86. The highest BCUT2D eigenvalue weighted by Crippen LogP contribution is 2.39. The van der Waals surface area contributed by atoms with E-state index in [1.807, 2.05) is 12.4 Å². The molecule has 0 bridgehead atoms. The zero-order valence-electron chi connectivity index (χ0n) is 24.4. The second-order valence-corrected chi connectivity index (χ2v) is 12.5. The van der Waals surface area contributed by atoms with E-state index in [-0.39, 0.29) is 12.5 Å². The van der Waals surface area contributed by atoms with Crippen LogP contribution in [0.15, 0.2) is 40.4 Å². The van der Waals surface area contributed by atoms with Gasteiger partial charge in [0.05, 0.1) is 22.7 Å². The largest absolute Gasteiger partial charge is 0.475 e. The Labute approximate surface area is 250 Å². The van der Waals surface area contributed by atoms with Gasteiger partial charge in [0, 0.05) is 19.2 Å². The quantitative estimate of drug-likeness (QED) is 0.288. The lowest BCUT2D eigenvalue weighted by Crippen LogP contribution is -2.57. The van der Waals surface area contributed by atoms with Gasteiger partial charge in [0.2, 0.25) is 11.8 Å². The topological polar surface area (TPSA) is 144 Å². The zero-order chi connectivity index (χ0) is 29.7. The molecular weight excluding hydrogens is 554 g/mol. The van der Waals surface area contributed by atoms with Gasteiger partial charge in [-0.1, -0.05) is 31.2 Å². The number of aliphatic hydroxyl groups excluding tert-OH is 1. The first-order valence-electron chi connectivity index (χ1n) is 14.8. The molecule has 2 aromatic heterocycles. The maximum absolute atomic E-state index is 14.2. The first-order valence-corrected chi connectivity index (χ1v) is 15.7. The highest BCUT2D eigenvalue weighted by atomic mass is 32.1. The van der Waals surface area contributed by atoms with Gasteiger partial charge in [0.1, 0.15) is 11.5 Å². The number of thiazole rings is 1. The van der Waals surface area contributed by atoms with Gasteiger partial charge in [-0.15, -0.1) is 11.3 Å². The number of nitrogens with one attached hydrogen (secondary N) is 1. The monoisotopic (exact) mass is 595 g/mol. The molecule has 5 rings (SSSR count). The average Bonchev–Trinajstić information content (AvgIpc) is 3.76. The molecule has 4 N–H and O–H groups in total. The summed E-state index contributed by atoms with van der Waals surface area (Å²) in [5, 5.41) is 17.5. The van der Waals surface area contributed by atoms with E-state index >= 15 is 0 Å². The van der Waals surface area contributed by atoms with E-state index in [1.165, 1.54) is 0 Å². The molecule has 2 saturated heterocycles. The number of nitrogens with two attached hydrogens (primary N) is 1. The van der Waals surface area contributed by atoms with Crippen LogP contribution in [-0.2, 0) is 16.0 Å². The molecule has 0 radical (unpaired) electrons. The number of carbonyl (C=O) groups excluding carboxylic acids is 2. The molecule has 0 saturated carbocycles. The van der Waals surface area contributed by atoms with Crippen LogP contribution in [-0.4, -0.2) is 70.3 Å². The van der Waals surface area contributed by atoms with Crippen LogP contribution < -0.4 is 15.8 Å². The Kier molecular flexibility index (Phi) is 9.60. The standard InChI is InChI=1S/C31H41N5O5S/c1-20(17-37)27(25-16-26(35-41-25)40-18-23-9-13-33-14-10-23)29(38)36-15-3-11-31(36,30(32)39)12-8-22-4-6-24(7-5-22)28-21(2)34-19-42-28/h4-7,16,19-20,23,27,33,37H,3,8-15,17-18H2,1-2H3,(H2,32,39)/t20?,27-,31?/m0/s1. The van der Waals surface area contributed by atoms with E-state index in [1.54, 1.807) is 29.2 Å². The summed E-state index contributed by atoms with van der Waals surface area (Å²) >= 11 is 1.61. The van der Waals surface area contributed by atoms with Gasteiger partial charge >= 0.3 is 0 Å². The molecular formula is C31H41N5O5S. The van der Waals surface area contributed by atoms with Crippen LogP contribution in [0.4, 0.5) is 0 Å². The number of benzene rings is 1. The van der Waals surface area contributed by atoms with E-state index < -0.39 is 23.3 Å². The fraction of sp³-hybridized carbons (Fsp3) is 0.548. The summed E-state index contributed by atoms with van der Waals surface area (Å²) in [5.74, 6) is -0.996. The lowest BCUT2D eigenvalue weighted by Gasteiger charge is -2.38. The maximum Gasteiger partial charge on any atom is 0.254 e. The highest BCUT2D eigenvalue weighted by Gasteiger charge is 2.50. The molecule has 2 fully saturated rings. The molecule has 0 spiro atoms. The number of hydrogen-bond acceptors (Lipinski definition) is 9. The molecule has 2 amide bonds. The van der Waals surface area contributed by atoms with Crippen LogP contribution in [0.1, 0.15) is 62.0 Å². The average molecular weight is 596 g/mol. The summed E-state index contributed by atoms with van der Waals surface area (Å²) in [4.78, 5) is 34.3. The van der Waals surface area contributed by atoms with Crippen molar-refractivity contribution in [3.63, 3.8) is 0 Å². The molecule has 3 aromatic rings. The van der Waals surface area contributed by atoms with Crippen molar-refractivity contribution in [1.82, 2.24) is 20.4 Å². The third-order valence-corrected chi connectivity index (χ3v) is 9.84. The van der Waals surface area contributed by atoms with Crippen LogP contribution in [0.5, 0.6) is 5.88 Å². The Bertz CT molecular complexity index is 1350. The van der Waals surface area contributed by atoms with Crippen molar-refractivity contribution in [3.05, 3.63) is 52.9 Å². The fourth-order valence-corrected chi connectivity index (χ4v) is 7.06. The minimum absolute atomic E-state index is 0.231. The van der Waals surface area contributed by atoms with Crippen molar-refractivity contribution in [2.24, 2.45) is 17.6 Å². The van der Waals surface area contributed by atoms with Crippen molar-refractivity contribution < 1.29 is 24.0 Å². The lowest BCUT2D eigenvalue weighted by molar-refractivity contribution is -0.146. The summed E-state index contributed by atoms with van der Waals surface area (Å²) in [6.07, 6.45) is 4.23. The molecule has 226 valence electrons. The van der Waals surface area contributed by atoms with Crippen molar-refractivity contribution in [2.75, 3.05) is 32.8 Å². The Morgan fingerprint density at radius 2 is 2.05 bits per heavy atom. The number of aliphatic hydroxyl groups is 1. The number of likely N-dealkylation sites (tertiary alicyclic amines) is 1. The number of piperidine rings is 1. The molecule has 2 aliphatic heterocycles. The third kappa shape index (κ3) is 6.38. The predicted molar refractivity (Wildman–Crippen MR) is 160 cm³/mol. The second kappa shape index (κ2) is 13.4. The first-order chi connectivity index (χ1) is 20.3. The summed E-state index contributed by atoms with van der Waals surface area (Å²) in [7, 11) is 0. The number of primary amides is 1. The Balaban J connectivity index is 1.31. The number of ether oxygens (including phenoxy) is 1. The molecule has 3 atom stereocenters. The second-order valence-electron chi connectivity index (χ2n) is 11.7. The number of aryl methyl sites for hydroxylation is 2. The number of carbonyl (C=O) groups is 2. The molecule has 2 unspecified atom stereocenters.